The highest BCUT2D eigenvalue weighted by Gasteiger charge is 2.22. The van der Waals surface area contributed by atoms with Crippen molar-refractivity contribution in [2.75, 3.05) is 6.61 Å². The van der Waals surface area contributed by atoms with E-state index in [1.807, 2.05) is 6.92 Å². The lowest BCUT2D eigenvalue weighted by atomic mass is 9.97. The minimum Gasteiger partial charge on any atom is -0.377 e. The Bertz CT molecular complexity index is 94.9. The Balaban J connectivity index is 2.35. The van der Waals surface area contributed by atoms with Gasteiger partial charge in [0.05, 0.1) is 6.10 Å². The van der Waals surface area contributed by atoms with Crippen LogP contribution in [0.4, 0.5) is 0 Å². The van der Waals surface area contributed by atoms with E-state index in [9.17, 15) is 0 Å². The molecule has 1 saturated heterocycles. The van der Waals surface area contributed by atoms with Crippen LogP contribution in [0.15, 0.2) is 0 Å². The highest BCUT2D eigenvalue weighted by atomic mass is 16.5. The Morgan fingerprint density at radius 3 is 2.56 bits per heavy atom. The molecule has 2 N–H and O–H groups in total. The van der Waals surface area contributed by atoms with Crippen molar-refractivity contribution < 1.29 is 4.74 Å². The summed E-state index contributed by atoms with van der Waals surface area (Å²) in [5.41, 5.74) is 5.74. The number of ether oxygens (including phenoxy) is 1. The molecule has 1 aliphatic heterocycles. The molecule has 54 valence electrons. The summed E-state index contributed by atoms with van der Waals surface area (Å²) in [5.74, 6) is 0.649. The van der Waals surface area contributed by atoms with Gasteiger partial charge in [-0.15, -0.1) is 0 Å². The molecule has 0 saturated carbocycles. The Labute approximate surface area is 56.4 Å². The van der Waals surface area contributed by atoms with Crippen LogP contribution in [-0.2, 0) is 4.74 Å². The van der Waals surface area contributed by atoms with Crippen LogP contribution in [0.25, 0.3) is 0 Å². The minimum absolute atomic E-state index is 0.258. The van der Waals surface area contributed by atoms with Crippen LogP contribution in [0.3, 0.4) is 0 Å². The summed E-state index contributed by atoms with van der Waals surface area (Å²) in [4.78, 5) is 0. The summed E-state index contributed by atoms with van der Waals surface area (Å²) in [6.07, 6.45) is 1.38. The lowest BCUT2D eigenvalue weighted by molar-refractivity contribution is -0.0138. The van der Waals surface area contributed by atoms with E-state index in [2.05, 4.69) is 6.92 Å². The molecule has 0 unspecified atom stereocenters. The van der Waals surface area contributed by atoms with Crippen LogP contribution in [0.5, 0.6) is 0 Å². The molecule has 0 amide bonds. The molecule has 0 radical (unpaired) electrons. The first kappa shape index (κ1) is 7.03. The lowest BCUT2D eigenvalue weighted by Gasteiger charge is -2.29. The lowest BCUT2D eigenvalue weighted by Crippen LogP contribution is -2.41. The first-order valence-electron chi connectivity index (χ1n) is 3.57. The van der Waals surface area contributed by atoms with Gasteiger partial charge in [0.1, 0.15) is 0 Å². The molecule has 0 aromatic heterocycles. The van der Waals surface area contributed by atoms with Gasteiger partial charge in [-0.3, -0.25) is 0 Å². The molecule has 2 nitrogen and oxygen atoms in total. The second kappa shape index (κ2) is 2.67. The van der Waals surface area contributed by atoms with Crippen LogP contribution >= 0.6 is 0 Å². The maximum absolute atomic E-state index is 5.74. The zero-order valence-electron chi connectivity index (χ0n) is 6.13. The van der Waals surface area contributed by atoms with Crippen molar-refractivity contribution in [3.63, 3.8) is 0 Å². The van der Waals surface area contributed by atoms with Gasteiger partial charge in [0.2, 0.25) is 0 Å². The number of nitrogens with two attached hydrogens (primary N) is 1. The largest absolute Gasteiger partial charge is 0.377 e. The van der Waals surface area contributed by atoms with E-state index in [0.717, 1.165) is 13.0 Å². The molecule has 0 aliphatic carbocycles. The van der Waals surface area contributed by atoms with Crippen molar-refractivity contribution in [1.82, 2.24) is 0 Å². The van der Waals surface area contributed by atoms with Crippen LogP contribution < -0.4 is 5.73 Å². The molecule has 9 heavy (non-hydrogen) atoms. The van der Waals surface area contributed by atoms with E-state index in [4.69, 9.17) is 10.5 Å². The van der Waals surface area contributed by atoms with Gasteiger partial charge in [-0.2, -0.15) is 0 Å². The average molecular weight is 129 g/mol. The van der Waals surface area contributed by atoms with E-state index >= 15 is 0 Å². The monoisotopic (exact) mass is 129 g/mol. The van der Waals surface area contributed by atoms with Gasteiger partial charge < -0.3 is 10.5 Å². The predicted molar refractivity (Wildman–Crippen MR) is 37.2 cm³/mol. The quantitative estimate of drug-likeness (QED) is 0.524. The molecule has 1 rings (SSSR count). The third-order valence-electron chi connectivity index (χ3n) is 1.92. The summed E-state index contributed by atoms with van der Waals surface area (Å²) in [7, 11) is 0. The highest BCUT2D eigenvalue weighted by molar-refractivity contribution is 4.76. The van der Waals surface area contributed by atoms with Gasteiger partial charge in [-0.05, 0) is 19.3 Å². The molecule has 1 fully saturated rings. The summed E-state index contributed by atoms with van der Waals surface area (Å²) in [6, 6.07) is 0.258. The fraction of sp³-hybridized carbons (Fsp3) is 1.00. The average Bonchev–Trinajstić information content (AvgIpc) is 1.80. The summed E-state index contributed by atoms with van der Waals surface area (Å²) in [6.45, 7) is 5.09. The van der Waals surface area contributed by atoms with Gasteiger partial charge in [0, 0.05) is 12.6 Å². The zero-order chi connectivity index (χ0) is 6.85. The first-order valence-corrected chi connectivity index (χ1v) is 3.57. The Morgan fingerprint density at radius 1 is 1.44 bits per heavy atom. The summed E-state index contributed by atoms with van der Waals surface area (Å²) in [5, 5.41) is 0. The topological polar surface area (TPSA) is 35.2 Å². The molecule has 0 aromatic rings. The number of hydrogen-bond donors (Lipinski definition) is 1. The van der Waals surface area contributed by atoms with Crippen molar-refractivity contribution >= 4 is 0 Å². The second-order valence-electron chi connectivity index (χ2n) is 3.04. The van der Waals surface area contributed by atoms with Gasteiger partial charge in [0.25, 0.3) is 0 Å². The van der Waals surface area contributed by atoms with Crippen molar-refractivity contribution in [1.29, 1.82) is 0 Å². The minimum atomic E-state index is 0.258. The Morgan fingerprint density at radius 2 is 2.11 bits per heavy atom. The van der Waals surface area contributed by atoms with Crippen molar-refractivity contribution in [2.45, 2.75) is 32.4 Å². The summed E-state index contributed by atoms with van der Waals surface area (Å²) >= 11 is 0. The number of rotatable bonds is 0. The maximum atomic E-state index is 5.74. The second-order valence-corrected chi connectivity index (χ2v) is 3.04. The predicted octanol–water partition coefficient (Wildman–Crippen LogP) is 0.759. The third kappa shape index (κ3) is 1.66. The van der Waals surface area contributed by atoms with Gasteiger partial charge in [-0.25, -0.2) is 0 Å². The fourth-order valence-electron chi connectivity index (χ4n) is 1.16. The molecular weight excluding hydrogens is 114 g/mol. The normalized spacial score (nSPS) is 45.0. The van der Waals surface area contributed by atoms with E-state index in [0.29, 0.717) is 5.92 Å². The molecule has 2 heteroatoms. The van der Waals surface area contributed by atoms with E-state index in [1.54, 1.807) is 0 Å². The van der Waals surface area contributed by atoms with E-state index < -0.39 is 0 Å². The molecule has 0 spiro atoms. The van der Waals surface area contributed by atoms with Crippen LogP contribution in [0.1, 0.15) is 20.3 Å². The molecule has 3 atom stereocenters. The summed E-state index contributed by atoms with van der Waals surface area (Å²) < 4.78 is 5.38. The maximum Gasteiger partial charge on any atom is 0.0698 e. The van der Waals surface area contributed by atoms with E-state index in [1.165, 1.54) is 0 Å². The van der Waals surface area contributed by atoms with Gasteiger partial charge in [-0.1, -0.05) is 6.92 Å². The molecule has 1 heterocycles. The number of hydrogen-bond acceptors (Lipinski definition) is 2. The Hall–Kier alpha value is -0.0800. The van der Waals surface area contributed by atoms with Crippen LogP contribution in [-0.4, -0.2) is 18.8 Å². The highest BCUT2D eigenvalue weighted by Crippen LogP contribution is 2.16. The van der Waals surface area contributed by atoms with Gasteiger partial charge >= 0.3 is 0 Å². The van der Waals surface area contributed by atoms with Crippen molar-refractivity contribution in [2.24, 2.45) is 11.7 Å². The smallest absolute Gasteiger partial charge is 0.0698 e. The SMILES string of the molecule is C[C@H]1CO[C@H](C)[C@@H](N)C1. The zero-order valence-corrected chi connectivity index (χ0v) is 6.13. The molecule has 0 bridgehead atoms. The Kier molecular flexibility index (Phi) is 2.09. The molecular formula is C7H15NO. The first-order chi connectivity index (χ1) is 4.20. The molecule has 0 aromatic carbocycles. The fourth-order valence-corrected chi connectivity index (χ4v) is 1.16. The standard InChI is InChI=1S/C7H15NO/c1-5-3-7(8)6(2)9-4-5/h5-7H,3-4,8H2,1-2H3/t5-,6-,7+/m1/s1. The van der Waals surface area contributed by atoms with Crippen molar-refractivity contribution in [3.05, 3.63) is 0 Å². The van der Waals surface area contributed by atoms with Gasteiger partial charge in [0.15, 0.2) is 0 Å². The molecule has 1 aliphatic rings. The van der Waals surface area contributed by atoms with E-state index in [-0.39, 0.29) is 12.1 Å². The third-order valence-corrected chi connectivity index (χ3v) is 1.92. The van der Waals surface area contributed by atoms with Crippen LogP contribution in [0.2, 0.25) is 0 Å². The van der Waals surface area contributed by atoms with Crippen LogP contribution in [0, 0.1) is 5.92 Å². The van der Waals surface area contributed by atoms with Crippen molar-refractivity contribution in [3.8, 4) is 0 Å².